The predicted molar refractivity (Wildman–Crippen MR) is 106 cm³/mol. The molecule has 1 aromatic heterocycles. The maximum Gasteiger partial charge on any atom is 0.244 e. The summed E-state index contributed by atoms with van der Waals surface area (Å²) in [4.78, 5) is 16.1. The molecule has 0 bridgehead atoms. The van der Waals surface area contributed by atoms with Gasteiger partial charge in [-0.05, 0) is 29.7 Å². The summed E-state index contributed by atoms with van der Waals surface area (Å²) in [5.41, 5.74) is 0.763. The first-order valence-corrected chi connectivity index (χ1v) is 9.60. The first-order chi connectivity index (χ1) is 12.5. The van der Waals surface area contributed by atoms with Gasteiger partial charge in [-0.1, -0.05) is 25.4 Å². The molecular formula is C19H23ClN2O3S. The van der Waals surface area contributed by atoms with Gasteiger partial charge in [0.2, 0.25) is 5.91 Å². The summed E-state index contributed by atoms with van der Waals surface area (Å²) in [5, 5.41) is 6.21. The van der Waals surface area contributed by atoms with Crippen LogP contribution in [0.4, 0.5) is 0 Å². The Labute approximate surface area is 163 Å². The Hall–Kier alpha value is -2.05. The summed E-state index contributed by atoms with van der Waals surface area (Å²) in [6.07, 6.45) is 5.65. The third-order valence-electron chi connectivity index (χ3n) is 3.36. The molecule has 0 spiro atoms. The molecule has 0 fully saturated rings. The van der Waals surface area contributed by atoms with E-state index in [9.17, 15) is 4.79 Å². The number of halogens is 1. The lowest BCUT2D eigenvalue weighted by Gasteiger charge is -2.14. The van der Waals surface area contributed by atoms with Gasteiger partial charge in [-0.3, -0.25) is 4.79 Å². The van der Waals surface area contributed by atoms with E-state index in [0.29, 0.717) is 35.6 Å². The van der Waals surface area contributed by atoms with E-state index in [1.165, 1.54) is 6.08 Å². The lowest BCUT2D eigenvalue weighted by Crippen LogP contribution is -2.23. The number of hydrogen-bond acceptors (Lipinski definition) is 5. The van der Waals surface area contributed by atoms with Gasteiger partial charge in [0.25, 0.3) is 0 Å². The molecule has 1 amide bonds. The normalized spacial score (nSPS) is 11.1. The molecule has 5 nitrogen and oxygen atoms in total. The fraction of sp³-hybridized carbons (Fsp3) is 0.368. The molecule has 0 saturated carbocycles. The summed E-state index contributed by atoms with van der Waals surface area (Å²) < 4.78 is 11.1. The number of nitrogens with zero attached hydrogens (tertiary/aromatic N) is 1. The number of benzene rings is 1. The highest BCUT2D eigenvalue weighted by atomic mass is 35.5. The van der Waals surface area contributed by atoms with Gasteiger partial charge in [0.15, 0.2) is 11.5 Å². The third kappa shape index (κ3) is 6.35. The van der Waals surface area contributed by atoms with Crippen molar-refractivity contribution in [3.8, 4) is 11.5 Å². The van der Waals surface area contributed by atoms with Crippen LogP contribution in [0.5, 0.6) is 11.5 Å². The van der Waals surface area contributed by atoms with Crippen LogP contribution in [-0.2, 0) is 11.2 Å². The van der Waals surface area contributed by atoms with Crippen LogP contribution in [0.3, 0.4) is 0 Å². The van der Waals surface area contributed by atoms with Gasteiger partial charge < -0.3 is 14.8 Å². The number of thiazole rings is 1. The molecule has 0 unspecified atom stereocenters. The lowest BCUT2D eigenvalue weighted by atomic mass is 10.1. The minimum atomic E-state index is -0.170. The van der Waals surface area contributed by atoms with Crippen LogP contribution in [0.1, 0.15) is 24.4 Å². The Morgan fingerprint density at radius 1 is 1.42 bits per heavy atom. The first-order valence-electron chi connectivity index (χ1n) is 8.34. The topological polar surface area (TPSA) is 60.5 Å². The molecule has 1 aromatic carbocycles. The number of carbonyl (C=O) groups is 1. The molecule has 140 valence electrons. The molecule has 1 heterocycles. The number of ether oxygens (including phenoxy) is 2. The second-order valence-electron chi connectivity index (χ2n) is 6.04. The van der Waals surface area contributed by atoms with Crippen LogP contribution in [0, 0.1) is 5.92 Å². The van der Waals surface area contributed by atoms with Gasteiger partial charge in [-0.25, -0.2) is 4.98 Å². The molecule has 1 N–H and O–H groups in total. The summed E-state index contributed by atoms with van der Waals surface area (Å²) in [5.74, 6) is 1.27. The van der Waals surface area contributed by atoms with Gasteiger partial charge in [0, 0.05) is 30.6 Å². The number of methoxy groups -OCH3 is 1. The van der Waals surface area contributed by atoms with Crippen LogP contribution in [-0.4, -0.2) is 31.2 Å². The van der Waals surface area contributed by atoms with E-state index in [0.717, 1.165) is 17.0 Å². The second kappa shape index (κ2) is 10.2. The van der Waals surface area contributed by atoms with Gasteiger partial charge in [0.1, 0.15) is 0 Å². The maximum absolute atomic E-state index is 11.9. The van der Waals surface area contributed by atoms with E-state index in [-0.39, 0.29) is 5.91 Å². The molecule has 0 aliphatic carbocycles. The minimum absolute atomic E-state index is 0.170. The fourth-order valence-electron chi connectivity index (χ4n) is 2.13. The van der Waals surface area contributed by atoms with E-state index in [2.05, 4.69) is 24.1 Å². The van der Waals surface area contributed by atoms with Crippen LogP contribution in [0.2, 0.25) is 5.02 Å². The van der Waals surface area contributed by atoms with Crippen molar-refractivity contribution < 1.29 is 14.3 Å². The Bertz CT molecular complexity index is 745. The number of nitrogens with one attached hydrogen (secondary N) is 1. The highest BCUT2D eigenvalue weighted by molar-refractivity contribution is 7.09. The Balaban J connectivity index is 1.95. The second-order valence-corrected chi connectivity index (χ2v) is 7.43. The van der Waals surface area contributed by atoms with Crippen molar-refractivity contribution in [2.75, 3.05) is 20.3 Å². The van der Waals surface area contributed by atoms with Crippen molar-refractivity contribution in [3.05, 3.63) is 45.4 Å². The number of carbonyl (C=O) groups excluding carboxylic acids is 1. The van der Waals surface area contributed by atoms with Gasteiger partial charge >= 0.3 is 0 Å². The molecule has 0 atom stereocenters. The molecule has 2 aromatic rings. The zero-order valence-electron chi connectivity index (χ0n) is 15.1. The smallest absolute Gasteiger partial charge is 0.244 e. The molecular weight excluding hydrogens is 372 g/mol. The standard InChI is InChI=1S/C19H23ClN2O3S/c1-13(2)12-25-19-15(20)10-14(11-16(19)24-3)4-5-17(23)21-7-6-18-22-8-9-26-18/h4-5,8-11,13H,6-7,12H2,1-3H3,(H,21,23). The molecule has 7 heteroatoms. The first kappa shape index (κ1) is 20.3. The average molecular weight is 395 g/mol. The Morgan fingerprint density at radius 3 is 2.88 bits per heavy atom. The summed E-state index contributed by atoms with van der Waals surface area (Å²) in [7, 11) is 1.56. The SMILES string of the molecule is COc1cc(C=CC(=O)NCCc2nccs2)cc(Cl)c1OCC(C)C. The maximum atomic E-state index is 11.9. The highest BCUT2D eigenvalue weighted by Gasteiger charge is 2.12. The van der Waals surface area contributed by atoms with E-state index in [4.69, 9.17) is 21.1 Å². The van der Waals surface area contributed by atoms with Crippen molar-refractivity contribution in [2.24, 2.45) is 5.92 Å². The van der Waals surface area contributed by atoms with E-state index in [1.807, 2.05) is 5.38 Å². The molecule has 2 rings (SSSR count). The molecule has 0 aliphatic rings. The molecule has 26 heavy (non-hydrogen) atoms. The Morgan fingerprint density at radius 2 is 2.23 bits per heavy atom. The van der Waals surface area contributed by atoms with Crippen LogP contribution >= 0.6 is 22.9 Å². The van der Waals surface area contributed by atoms with Crippen molar-refractivity contribution in [3.63, 3.8) is 0 Å². The van der Waals surface area contributed by atoms with E-state index >= 15 is 0 Å². The summed E-state index contributed by atoms with van der Waals surface area (Å²) in [6, 6.07) is 3.54. The zero-order valence-corrected chi connectivity index (χ0v) is 16.7. The van der Waals surface area contributed by atoms with Crippen molar-refractivity contribution in [1.82, 2.24) is 10.3 Å². The monoisotopic (exact) mass is 394 g/mol. The summed E-state index contributed by atoms with van der Waals surface area (Å²) >= 11 is 7.88. The fourth-order valence-corrected chi connectivity index (χ4v) is 3.02. The molecule has 0 aliphatic heterocycles. The van der Waals surface area contributed by atoms with Gasteiger partial charge in [-0.2, -0.15) is 0 Å². The largest absolute Gasteiger partial charge is 0.493 e. The Kier molecular flexibility index (Phi) is 7.94. The average Bonchev–Trinajstić information content (AvgIpc) is 3.11. The number of amides is 1. The molecule has 0 radical (unpaired) electrons. The quantitative estimate of drug-likeness (QED) is 0.647. The predicted octanol–water partition coefficient (Wildman–Crippen LogP) is 4.21. The van der Waals surface area contributed by atoms with Gasteiger partial charge in [-0.15, -0.1) is 11.3 Å². The van der Waals surface area contributed by atoms with Crippen molar-refractivity contribution in [2.45, 2.75) is 20.3 Å². The summed E-state index contributed by atoms with van der Waals surface area (Å²) in [6.45, 7) is 5.21. The zero-order chi connectivity index (χ0) is 18.9. The molecule has 0 saturated heterocycles. The van der Waals surface area contributed by atoms with Crippen LogP contribution < -0.4 is 14.8 Å². The van der Waals surface area contributed by atoms with Crippen molar-refractivity contribution >= 4 is 34.9 Å². The van der Waals surface area contributed by atoms with Crippen LogP contribution in [0.15, 0.2) is 29.8 Å². The number of aromatic nitrogens is 1. The lowest BCUT2D eigenvalue weighted by molar-refractivity contribution is -0.116. The van der Waals surface area contributed by atoms with E-state index < -0.39 is 0 Å². The number of rotatable bonds is 9. The van der Waals surface area contributed by atoms with Gasteiger partial charge in [0.05, 0.1) is 23.7 Å². The number of hydrogen-bond donors (Lipinski definition) is 1. The van der Waals surface area contributed by atoms with E-state index in [1.54, 1.807) is 42.9 Å². The third-order valence-corrected chi connectivity index (χ3v) is 4.48. The minimum Gasteiger partial charge on any atom is -0.493 e. The highest BCUT2D eigenvalue weighted by Crippen LogP contribution is 2.37. The van der Waals surface area contributed by atoms with Crippen molar-refractivity contribution in [1.29, 1.82) is 0 Å². The van der Waals surface area contributed by atoms with Crippen LogP contribution in [0.25, 0.3) is 6.08 Å².